The van der Waals surface area contributed by atoms with Gasteiger partial charge < -0.3 is 19.9 Å². The number of anilines is 1. The van der Waals surface area contributed by atoms with Gasteiger partial charge in [-0.3, -0.25) is 4.79 Å². The molecule has 0 aliphatic carbocycles. The highest BCUT2D eigenvalue weighted by molar-refractivity contribution is 5.97. The van der Waals surface area contributed by atoms with Gasteiger partial charge in [-0.15, -0.1) is 0 Å². The van der Waals surface area contributed by atoms with Gasteiger partial charge in [0, 0.05) is 18.7 Å². The Morgan fingerprint density at radius 3 is 2.91 bits per heavy atom. The fraction of sp³-hybridized carbons (Fsp3) is 0.412. The van der Waals surface area contributed by atoms with E-state index in [0.29, 0.717) is 13.0 Å². The van der Waals surface area contributed by atoms with Gasteiger partial charge in [0.15, 0.2) is 6.10 Å². The number of aryl methyl sites for hydroxylation is 1. The summed E-state index contributed by atoms with van der Waals surface area (Å²) in [4.78, 5) is 11.8. The lowest BCUT2D eigenvalue weighted by molar-refractivity contribution is -0.123. The number of carbonyl (C=O) groups excluding carboxylic acids is 1. The van der Waals surface area contributed by atoms with E-state index in [-0.39, 0.29) is 11.9 Å². The smallest absolute Gasteiger partial charge is 0.265 e. The number of hydrogen-bond acceptors (Lipinski definition) is 5. The van der Waals surface area contributed by atoms with Gasteiger partial charge in [-0.2, -0.15) is 0 Å². The summed E-state index contributed by atoms with van der Waals surface area (Å²) in [5.74, 6) is 1.44. The highest BCUT2D eigenvalue weighted by Crippen LogP contribution is 2.33. The van der Waals surface area contributed by atoms with Crippen LogP contribution in [0.3, 0.4) is 0 Å². The molecule has 0 saturated carbocycles. The number of aromatic nitrogens is 1. The summed E-state index contributed by atoms with van der Waals surface area (Å²) >= 11 is 0. The van der Waals surface area contributed by atoms with Crippen LogP contribution in [0.4, 0.5) is 5.69 Å². The molecule has 1 aromatic heterocycles. The van der Waals surface area contributed by atoms with Crippen LogP contribution in [0.15, 0.2) is 28.8 Å². The van der Waals surface area contributed by atoms with Crippen molar-refractivity contribution in [2.24, 2.45) is 0 Å². The maximum absolute atomic E-state index is 11.8. The third-order valence-corrected chi connectivity index (χ3v) is 3.96. The van der Waals surface area contributed by atoms with Crippen molar-refractivity contribution in [3.8, 4) is 5.75 Å². The van der Waals surface area contributed by atoms with Crippen LogP contribution in [-0.4, -0.2) is 17.2 Å². The molecular formula is C17H21N3O3. The van der Waals surface area contributed by atoms with Crippen molar-refractivity contribution in [3.63, 3.8) is 0 Å². The molecule has 23 heavy (non-hydrogen) atoms. The first-order chi connectivity index (χ1) is 11.1. The fourth-order valence-corrected chi connectivity index (χ4v) is 2.57. The Hall–Kier alpha value is -2.34. The van der Waals surface area contributed by atoms with Crippen molar-refractivity contribution in [1.82, 2.24) is 10.5 Å². The average Bonchev–Trinajstić information content (AvgIpc) is 2.97. The molecule has 0 unspecified atom stereocenters. The summed E-state index contributed by atoms with van der Waals surface area (Å²) in [6.07, 6.45) is 0.230. The normalized spacial score (nSPS) is 18.0. The van der Waals surface area contributed by atoms with Crippen LogP contribution in [0.5, 0.6) is 5.75 Å². The standard InChI is InChI=1S/C17H21N3O3/c1-4-15-17(21)19-14-6-5-12(8-16(14)22-15)11(3)18-9-13-7-10(2)23-20-13/h5-8,11,15,18H,4,9H2,1-3H3,(H,19,21)/t11-,15+/m1/s1. The lowest BCUT2D eigenvalue weighted by Gasteiger charge is -2.26. The van der Waals surface area contributed by atoms with Crippen LogP contribution < -0.4 is 15.4 Å². The number of nitrogens with zero attached hydrogens (tertiary/aromatic N) is 1. The van der Waals surface area contributed by atoms with E-state index < -0.39 is 6.10 Å². The summed E-state index contributed by atoms with van der Waals surface area (Å²) in [7, 11) is 0. The lowest BCUT2D eigenvalue weighted by Crippen LogP contribution is -2.36. The summed E-state index contributed by atoms with van der Waals surface area (Å²) < 4.78 is 10.8. The number of amides is 1. The Morgan fingerprint density at radius 2 is 2.22 bits per heavy atom. The third kappa shape index (κ3) is 3.37. The minimum absolute atomic E-state index is 0.0830. The number of benzene rings is 1. The molecular weight excluding hydrogens is 294 g/mol. The molecule has 1 amide bonds. The Bertz CT molecular complexity index is 711. The Morgan fingerprint density at radius 1 is 1.39 bits per heavy atom. The minimum atomic E-state index is -0.417. The van der Waals surface area contributed by atoms with Gasteiger partial charge in [-0.05, 0) is 38.0 Å². The van der Waals surface area contributed by atoms with Crippen LogP contribution in [0.25, 0.3) is 0 Å². The van der Waals surface area contributed by atoms with Gasteiger partial charge in [0.25, 0.3) is 5.91 Å². The molecule has 2 heterocycles. The Labute approximate surface area is 135 Å². The first-order valence-electron chi connectivity index (χ1n) is 7.84. The zero-order valence-corrected chi connectivity index (χ0v) is 13.6. The second-order valence-corrected chi connectivity index (χ2v) is 5.79. The van der Waals surface area contributed by atoms with Gasteiger partial charge in [0.05, 0.1) is 11.4 Å². The average molecular weight is 315 g/mol. The van der Waals surface area contributed by atoms with Gasteiger partial charge in [-0.25, -0.2) is 0 Å². The lowest BCUT2D eigenvalue weighted by atomic mass is 10.1. The molecule has 0 spiro atoms. The third-order valence-electron chi connectivity index (χ3n) is 3.96. The van der Waals surface area contributed by atoms with Crippen LogP contribution in [0.1, 0.15) is 43.3 Å². The van der Waals surface area contributed by atoms with Gasteiger partial charge in [0.2, 0.25) is 0 Å². The van der Waals surface area contributed by atoms with E-state index in [0.717, 1.165) is 28.5 Å². The predicted octanol–water partition coefficient (Wildman–Crippen LogP) is 2.94. The molecule has 2 N–H and O–H groups in total. The van der Waals surface area contributed by atoms with Gasteiger partial charge in [-0.1, -0.05) is 18.1 Å². The Kier molecular flexibility index (Phi) is 4.34. The van der Waals surface area contributed by atoms with Crippen molar-refractivity contribution < 1.29 is 14.1 Å². The van der Waals surface area contributed by atoms with Crippen LogP contribution in [-0.2, 0) is 11.3 Å². The van der Waals surface area contributed by atoms with E-state index in [1.807, 2.05) is 38.1 Å². The van der Waals surface area contributed by atoms with E-state index in [1.165, 1.54) is 0 Å². The summed E-state index contributed by atoms with van der Waals surface area (Å²) in [5.41, 5.74) is 2.69. The van der Waals surface area contributed by atoms with Crippen LogP contribution in [0.2, 0.25) is 0 Å². The van der Waals surface area contributed by atoms with Crippen LogP contribution >= 0.6 is 0 Å². The molecule has 122 valence electrons. The molecule has 1 aromatic carbocycles. The maximum atomic E-state index is 11.8. The highest BCUT2D eigenvalue weighted by Gasteiger charge is 2.26. The van der Waals surface area contributed by atoms with E-state index >= 15 is 0 Å². The summed E-state index contributed by atoms with van der Waals surface area (Å²) in [5, 5.41) is 10.3. The van der Waals surface area contributed by atoms with Crippen LogP contribution in [0, 0.1) is 6.92 Å². The summed E-state index contributed by atoms with van der Waals surface area (Å²) in [6, 6.07) is 7.88. The molecule has 6 nitrogen and oxygen atoms in total. The number of ether oxygens (including phenoxy) is 1. The Balaban J connectivity index is 1.69. The first-order valence-corrected chi connectivity index (χ1v) is 7.84. The first kappa shape index (κ1) is 15.6. The van der Waals surface area contributed by atoms with Crippen molar-refractivity contribution in [1.29, 1.82) is 0 Å². The number of rotatable bonds is 5. The molecule has 0 radical (unpaired) electrons. The van der Waals surface area contributed by atoms with E-state index in [1.54, 1.807) is 0 Å². The second kappa shape index (κ2) is 6.42. The molecule has 2 atom stereocenters. The molecule has 2 aromatic rings. The maximum Gasteiger partial charge on any atom is 0.265 e. The largest absolute Gasteiger partial charge is 0.478 e. The zero-order valence-electron chi connectivity index (χ0n) is 13.6. The number of carbonyl (C=O) groups is 1. The van der Waals surface area contributed by atoms with Crippen molar-refractivity contribution in [2.75, 3.05) is 5.32 Å². The van der Waals surface area contributed by atoms with E-state index in [4.69, 9.17) is 9.26 Å². The predicted molar refractivity (Wildman–Crippen MR) is 86.3 cm³/mol. The molecule has 0 fully saturated rings. The molecule has 3 rings (SSSR count). The molecule has 1 aliphatic heterocycles. The monoisotopic (exact) mass is 315 g/mol. The van der Waals surface area contributed by atoms with Crippen molar-refractivity contribution >= 4 is 11.6 Å². The molecule has 0 saturated heterocycles. The van der Waals surface area contributed by atoms with E-state index in [9.17, 15) is 4.79 Å². The fourth-order valence-electron chi connectivity index (χ4n) is 2.57. The number of hydrogen-bond donors (Lipinski definition) is 2. The van der Waals surface area contributed by atoms with E-state index in [2.05, 4.69) is 22.7 Å². The summed E-state index contributed by atoms with van der Waals surface area (Å²) in [6.45, 7) is 6.51. The molecule has 1 aliphatic rings. The second-order valence-electron chi connectivity index (χ2n) is 5.79. The SMILES string of the molecule is CC[C@@H]1Oc2cc([C@@H](C)NCc3cc(C)on3)ccc2NC1=O. The van der Waals surface area contributed by atoms with Crippen molar-refractivity contribution in [2.45, 2.75) is 45.9 Å². The number of fused-ring (bicyclic) bond motifs is 1. The molecule has 6 heteroatoms. The van der Waals surface area contributed by atoms with Gasteiger partial charge in [0.1, 0.15) is 11.5 Å². The topological polar surface area (TPSA) is 76.4 Å². The highest BCUT2D eigenvalue weighted by atomic mass is 16.5. The van der Waals surface area contributed by atoms with Gasteiger partial charge >= 0.3 is 0 Å². The van der Waals surface area contributed by atoms with Crippen molar-refractivity contribution in [3.05, 3.63) is 41.3 Å². The minimum Gasteiger partial charge on any atom is -0.478 e. The molecule has 0 bridgehead atoms. The quantitative estimate of drug-likeness (QED) is 0.887. The zero-order chi connectivity index (χ0) is 16.4. The number of nitrogens with one attached hydrogen (secondary N) is 2.